The highest BCUT2D eigenvalue weighted by Gasteiger charge is 2.20. The second kappa shape index (κ2) is 8.09. The number of carbonyl (C=O) groups excluding carboxylic acids is 1. The van der Waals surface area contributed by atoms with Gasteiger partial charge in [-0.3, -0.25) is 19.8 Å². The van der Waals surface area contributed by atoms with Gasteiger partial charge in [-0.05, 0) is 43.7 Å². The predicted molar refractivity (Wildman–Crippen MR) is 99.0 cm³/mol. The van der Waals surface area contributed by atoms with Crippen LogP contribution in [-0.4, -0.2) is 29.3 Å². The molecule has 7 heteroatoms. The van der Waals surface area contributed by atoms with Crippen LogP contribution in [0, 0.1) is 24.0 Å². The molecule has 0 aliphatic carbocycles. The molecule has 25 heavy (non-hydrogen) atoms. The normalized spacial score (nSPS) is 10.8. The monoisotopic (exact) mass is 361 g/mol. The number of anilines is 1. The molecule has 2 aromatic rings. The third kappa shape index (κ3) is 4.78. The van der Waals surface area contributed by atoms with Crippen molar-refractivity contribution in [3.63, 3.8) is 0 Å². The van der Waals surface area contributed by atoms with Crippen LogP contribution < -0.4 is 5.32 Å². The summed E-state index contributed by atoms with van der Waals surface area (Å²) in [5.74, 6) is -0.314. The minimum absolute atomic E-state index is 0.0930. The van der Waals surface area contributed by atoms with Gasteiger partial charge in [-0.15, -0.1) is 0 Å². The smallest absolute Gasteiger partial charge is 0.293 e. The number of nitro groups is 1. The van der Waals surface area contributed by atoms with Crippen molar-refractivity contribution in [2.45, 2.75) is 20.4 Å². The van der Waals surface area contributed by atoms with Crippen LogP contribution in [0.15, 0.2) is 36.4 Å². The van der Waals surface area contributed by atoms with E-state index in [1.807, 2.05) is 25.1 Å². The number of nitrogens with zero attached hydrogens (tertiary/aromatic N) is 2. The zero-order valence-electron chi connectivity index (χ0n) is 14.4. The second-order valence-electron chi connectivity index (χ2n) is 5.97. The molecule has 0 aromatic heterocycles. The number of amides is 1. The molecule has 1 amide bonds. The third-order valence-electron chi connectivity index (χ3n) is 3.99. The topological polar surface area (TPSA) is 75.5 Å². The number of likely N-dealkylation sites (N-methyl/N-ethyl adjacent to an activating group) is 1. The van der Waals surface area contributed by atoms with Crippen molar-refractivity contribution in [2.75, 3.05) is 18.9 Å². The van der Waals surface area contributed by atoms with Gasteiger partial charge in [0.1, 0.15) is 5.69 Å². The summed E-state index contributed by atoms with van der Waals surface area (Å²) >= 11 is 6.13. The average Bonchev–Trinajstić information content (AvgIpc) is 2.53. The lowest BCUT2D eigenvalue weighted by molar-refractivity contribution is -0.384. The number of halogens is 1. The van der Waals surface area contributed by atoms with E-state index in [0.717, 1.165) is 11.1 Å². The summed E-state index contributed by atoms with van der Waals surface area (Å²) < 4.78 is 0. The van der Waals surface area contributed by atoms with E-state index in [0.29, 0.717) is 17.1 Å². The number of hydrogen-bond acceptors (Lipinski definition) is 4. The van der Waals surface area contributed by atoms with Gasteiger partial charge in [0.05, 0.1) is 11.5 Å². The van der Waals surface area contributed by atoms with Crippen molar-refractivity contribution in [2.24, 2.45) is 0 Å². The number of hydrogen-bond donors (Lipinski definition) is 1. The molecule has 0 aliphatic rings. The molecule has 2 rings (SSSR count). The maximum absolute atomic E-state index is 12.3. The fraction of sp³-hybridized carbons (Fsp3) is 0.278. The summed E-state index contributed by atoms with van der Waals surface area (Å²) in [6, 6.07) is 10.5. The molecule has 0 bridgehead atoms. The first-order chi connectivity index (χ1) is 11.8. The summed E-state index contributed by atoms with van der Waals surface area (Å²) in [5, 5.41) is 14.5. The van der Waals surface area contributed by atoms with E-state index >= 15 is 0 Å². The molecule has 2 aromatic carbocycles. The van der Waals surface area contributed by atoms with Gasteiger partial charge in [-0.1, -0.05) is 35.9 Å². The van der Waals surface area contributed by atoms with Gasteiger partial charge >= 0.3 is 0 Å². The molecule has 132 valence electrons. The fourth-order valence-electron chi connectivity index (χ4n) is 2.51. The van der Waals surface area contributed by atoms with Crippen LogP contribution in [0.2, 0.25) is 5.02 Å². The minimum atomic E-state index is -0.491. The summed E-state index contributed by atoms with van der Waals surface area (Å²) in [4.78, 5) is 24.8. The summed E-state index contributed by atoms with van der Waals surface area (Å²) in [7, 11) is 1.79. The first-order valence-corrected chi connectivity index (χ1v) is 8.13. The molecule has 6 nitrogen and oxygen atoms in total. The molecule has 0 saturated carbocycles. The SMILES string of the molecule is Cc1ccc([N+](=O)[O-])c(NC(=O)CN(C)Cc2ccccc2Cl)c1C. The Morgan fingerprint density at radius 1 is 1.24 bits per heavy atom. The Balaban J connectivity index is 2.09. The van der Waals surface area contributed by atoms with Gasteiger partial charge in [0.2, 0.25) is 5.91 Å². The van der Waals surface area contributed by atoms with Crippen molar-refractivity contribution >= 4 is 28.9 Å². The zero-order valence-corrected chi connectivity index (χ0v) is 15.1. The lowest BCUT2D eigenvalue weighted by Crippen LogP contribution is -2.30. The molecule has 0 radical (unpaired) electrons. The van der Waals surface area contributed by atoms with Crippen LogP contribution in [-0.2, 0) is 11.3 Å². The molecule has 0 saturated heterocycles. The summed E-state index contributed by atoms with van der Waals surface area (Å²) in [6.07, 6.45) is 0. The Bertz CT molecular complexity index is 808. The van der Waals surface area contributed by atoms with Gasteiger partial charge in [-0.2, -0.15) is 0 Å². The Morgan fingerprint density at radius 3 is 2.56 bits per heavy atom. The molecule has 0 spiro atoms. The van der Waals surface area contributed by atoms with E-state index in [9.17, 15) is 14.9 Å². The minimum Gasteiger partial charge on any atom is -0.319 e. The lowest BCUT2D eigenvalue weighted by atomic mass is 10.1. The quantitative estimate of drug-likeness (QED) is 0.624. The highest BCUT2D eigenvalue weighted by molar-refractivity contribution is 6.31. The molecular formula is C18H20ClN3O3. The maximum Gasteiger partial charge on any atom is 0.293 e. The van der Waals surface area contributed by atoms with E-state index in [2.05, 4.69) is 5.32 Å². The molecule has 0 atom stereocenters. The Morgan fingerprint density at radius 2 is 1.92 bits per heavy atom. The number of carbonyl (C=O) groups is 1. The van der Waals surface area contributed by atoms with E-state index in [-0.39, 0.29) is 23.8 Å². The second-order valence-corrected chi connectivity index (χ2v) is 6.38. The van der Waals surface area contributed by atoms with Crippen LogP contribution in [0.4, 0.5) is 11.4 Å². The third-order valence-corrected chi connectivity index (χ3v) is 4.36. The van der Waals surface area contributed by atoms with Gasteiger partial charge in [0, 0.05) is 17.6 Å². The molecule has 0 unspecified atom stereocenters. The first-order valence-electron chi connectivity index (χ1n) is 7.76. The van der Waals surface area contributed by atoms with Crippen LogP contribution in [0.25, 0.3) is 0 Å². The molecule has 0 fully saturated rings. The summed E-state index contributed by atoms with van der Waals surface area (Å²) in [6.45, 7) is 4.20. The van der Waals surface area contributed by atoms with E-state index < -0.39 is 4.92 Å². The standard InChI is InChI=1S/C18H20ClN3O3/c1-12-8-9-16(22(24)25)18(13(12)2)20-17(23)11-21(3)10-14-6-4-5-7-15(14)19/h4-9H,10-11H2,1-3H3,(H,20,23). The Hall–Kier alpha value is -2.44. The van der Waals surface area contributed by atoms with Crippen molar-refractivity contribution in [1.82, 2.24) is 4.90 Å². The number of aryl methyl sites for hydroxylation is 1. The van der Waals surface area contributed by atoms with Crippen LogP contribution in [0.1, 0.15) is 16.7 Å². The molecular weight excluding hydrogens is 342 g/mol. The molecule has 1 N–H and O–H groups in total. The van der Waals surface area contributed by atoms with Gasteiger partial charge in [0.25, 0.3) is 5.69 Å². The van der Waals surface area contributed by atoms with E-state index in [4.69, 9.17) is 11.6 Å². The number of benzene rings is 2. The predicted octanol–water partition coefficient (Wildman–Crippen LogP) is 3.94. The molecule has 0 aliphatic heterocycles. The number of nitro benzene ring substituents is 1. The highest BCUT2D eigenvalue weighted by atomic mass is 35.5. The summed E-state index contributed by atoms with van der Waals surface area (Å²) in [5.41, 5.74) is 2.63. The van der Waals surface area contributed by atoms with Crippen LogP contribution >= 0.6 is 11.6 Å². The zero-order chi connectivity index (χ0) is 18.6. The van der Waals surface area contributed by atoms with Gasteiger partial charge in [-0.25, -0.2) is 0 Å². The Kier molecular flexibility index (Phi) is 6.12. The van der Waals surface area contributed by atoms with E-state index in [1.54, 1.807) is 31.0 Å². The van der Waals surface area contributed by atoms with E-state index in [1.165, 1.54) is 6.07 Å². The number of rotatable bonds is 6. The van der Waals surface area contributed by atoms with Gasteiger partial charge in [0.15, 0.2) is 0 Å². The maximum atomic E-state index is 12.3. The van der Waals surface area contributed by atoms with Gasteiger partial charge < -0.3 is 5.32 Å². The van der Waals surface area contributed by atoms with Crippen molar-refractivity contribution in [3.8, 4) is 0 Å². The number of nitrogens with one attached hydrogen (secondary N) is 1. The lowest BCUT2D eigenvalue weighted by Gasteiger charge is -2.18. The molecule has 0 heterocycles. The van der Waals surface area contributed by atoms with Crippen molar-refractivity contribution < 1.29 is 9.72 Å². The fourth-order valence-corrected chi connectivity index (χ4v) is 2.70. The van der Waals surface area contributed by atoms with Crippen molar-refractivity contribution in [1.29, 1.82) is 0 Å². The highest BCUT2D eigenvalue weighted by Crippen LogP contribution is 2.30. The van der Waals surface area contributed by atoms with Crippen LogP contribution in [0.3, 0.4) is 0 Å². The first kappa shape index (κ1) is 18.9. The average molecular weight is 362 g/mol. The largest absolute Gasteiger partial charge is 0.319 e. The Labute approximate surface area is 151 Å². The van der Waals surface area contributed by atoms with Crippen LogP contribution in [0.5, 0.6) is 0 Å². The van der Waals surface area contributed by atoms with Crippen molar-refractivity contribution in [3.05, 3.63) is 68.2 Å².